The lowest BCUT2D eigenvalue weighted by atomic mass is 10.1. The molecule has 0 spiro atoms. The van der Waals surface area contributed by atoms with Gasteiger partial charge in [0, 0.05) is 0 Å². The van der Waals surface area contributed by atoms with Gasteiger partial charge >= 0.3 is 5.97 Å². The highest BCUT2D eigenvalue weighted by Crippen LogP contribution is 2.26. The third kappa shape index (κ3) is 4.88. The fraction of sp³-hybridized carbons (Fsp3) is 0.211. The Hall–Kier alpha value is -2.75. The van der Waals surface area contributed by atoms with Crippen molar-refractivity contribution in [1.82, 2.24) is 0 Å². The average molecular weight is 312 g/mol. The van der Waals surface area contributed by atoms with Gasteiger partial charge in [-0.15, -0.1) is 6.58 Å². The molecule has 0 amide bonds. The van der Waals surface area contributed by atoms with Gasteiger partial charge in [-0.25, -0.2) is 4.79 Å². The maximum Gasteiger partial charge on any atom is 0.349 e. The van der Waals surface area contributed by atoms with Gasteiger partial charge in [0.2, 0.25) is 0 Å². The van der Waals surface area contributed by atoms with Crippen LogP contribution < -0.4 is 14.2 Å². The normalized spacial score (nSPS) is 9.96. The molecular formula is C19H20O4. The van der Waals surface area contributed by atoms with Crippen molar-refractivity contribution in [2.45, 2.75) is 13.3 Å². The van der Waals surface area contributed by atoms with E-state index in [1.807, 2.05) is 37.3 Å². The maximum absolute atomic E-state index is 12.0. The fourth-order valence-electron chi connectivity index (χ4n) is 2.07. The van der Waals surface area contributed by atoms with Gasteiger partial charge in [-0.2, -0.15) is 0 Å². The summed E-state index contributed by atoms with van der Waals surface area (Å²) in [5.41, 5.74) is 0.977. The Morgan fingerprint density at radius 1 is 1.00 bits per heavy atom. The first-order valence-electron chi connectivity index (χ1n) is 7.48. The lowest BCUT2D eigenvalue weighted by molar-refractivity contribution is -0.136. The van der Waals surface area contributed by atoms with Crippen LogP contribution in [-0.2, 0) is 11.2 Å². The van der Waals surface area contributed by atoms with Crippen LogP contribution in [-0.4, -0.2) is 19.2 Å². The first-order chi connectivity index (χ1) is 11.2. The predicted molar refractivity (Wildman–Crippen MR) is 89.1 cm³/mol. The summed E-state index contributed by atoms with van der Waals surface area (Å²) in [5, 5.41) is 0. The number of hydrogen-bond acceptors (Lipinski definition) is 4. The molecule has 0 heterocycles. The molecule has 0 aliphatic carbocycles. The largest absolute Gasteiger partial charge is 0.490 e. The van der Waals surface area contributed by atoms with Gasteiger partial charge in [0.15, 0.2) is 18.1 Å². The lowest BCUT2D eigenvalue weighted by Crippen LogP contribution is -2.18. The third-order valence-corrected chi connectivity index (χ3v) is 3.06. The molecule has 0 aliphatic heterocycles. The monoisotopic (exact) mass is 312 g/mol. The molecule has 4 nitrogen and oxygen atoms in total. The molecule has 23 heavy (non-hydrogen) atoms. The minimum Gasteiger partial charge on any atom is -0.490 e. The summed E-state index contributed by atoms with van der Waals surface area (Å²) in [7, 11) is 0. The Morgan fingerprint density at radius 3 is 2.35 bits per heavy atom. The number of allylic oxidation sites excluding steroid dienone is 1. The summed E-state index contributed by atoms with van der Waals surface area (Å²) in [6.45, 7) is 5.92. The maximum atomic E-state index is 12.0. The predicted octanol–water partition coefficient (Wildman–Crippen LogP) is 3.80. The van der Waals surface area contributed by atoms with Crippen LogP contribution in [0.3, 0.4) is 0 Å². The van der Waals surface area contributed by atoms with Crippen molar-refractivity contribution >= 4 is 5.97 Å². The highest BCUT2D eigenvalue weighted by Gasteiger charge is 2.11. The molecular weight excluding hydrogens is 292 g/mol. The van der Waals surface area contributed by atoms with Crippen LogP contribution in [0.4, 0.5) is 0 Å². The Labute approximate surface area is 136 Å². The third-order valence-electron chi connectivity index (χ3n) is 3.06. The van der Waals surface area contributed by atoms with E-state index in [1.165, 1.54) is 0 Å². The molecule has 0 unspecified atom stereocenters. The topological polar surface area (TPSA) is 44.8 Å². The number of carbonyl (C=O) groups excluding carboxylic acids is 1. The summed E-state index contributed by atoms with van der Waals surface area (Å²) in [6.07, 6.45) is 2.47. The van der Waals surface area contributed by atoms with E-state index in [2.05, 4.69) is 6.58 Å². The molecule has 0 saturated carbocycles. The number of rotatable bonds is 8. The van der Waals surface area contributed by atoms with Crippen LogP contribution in [0.1, 0.15) is 12.5 Å². The van der Waals surface area contributed by atoms with Crippen LogP contribution in [0.2, 0.25) is 0 Å². The minimum atomic E-state index is -0.481. The molecule has 2 rings (SSSR count). The van der Waals surface area contributed by atoms with Gasteiger partial charge in [0.05, 0.1) is 6.61 Å². The zero-order valence-electron chi connectivity index (χ0n) is 13.2. The van der Waals surface area contributed by atoms with E-state index in [9.17, 15) is 4.79 Å². The Kier molecular flexibility index (Phi) is 6.24. The molecule has 4 heteroatoms. The van der Waals surface area contributed by atoms with E-state index in [-0.39, 0.29) is 6.61 Å². The standard InChI is InChI=1S/C19H20O4/c1-3-9-15-10-5-6-11-16(15)22-14-19(20)23-18-13-8-7-12-17(18)21-4-2/h3,5-8,10-13H,1,4,9,14H2,2H3. The highest BCUT2D eigenvalue weighted by molar-refractivity contribution is 5.74. The number of ether oxygens (including phenoxy) is 3. The van der Waals surface area contributed by atoms with E-state index < -0.39 is 5.97 Å². The van der Waals surface area contributed by atoms with Crippen molar-refractivity contribution in [2.75, 3.05) is 13.2 Å². The number of para-hydroxylation sites is 3. The van der Waals surface area contributed by atoms with E-state index >= 15 is 0 Å². The smallest absolute Gasteiger partial charge is 0.349 e. The molecule has 0 atom stereocenters. The van der Waals surface area contributed by atoms with Gasteiger partial charge in [-0.1, -0.05) is 36.4 Å². The molecule has 2 aromatic carbocycles. The van der Waals surface area contributed by atoms with E-state index in [0.717, 1.165) is 5.56 Å². The average Bonchev–Trinajstić information content (AvgIpc) is 2.56. The van der Waals surface area contributed by atoms with Gasteiger partial charge in [0.25, 0.3) is 0 Å². The van der Waals surface area contributed by atoms with Crippen molar-refractivity contribution in [3.8, 4) is 17.2 Å². The van der Waals surface area contributed by atoms with Crippen molar-refractivity contribution in [1.29, 1.82) is 0 Å². The minimum absolute atomic E-state index is 0.172. The van der Waals surface area contributed by atoms with Crippen LogP contribution >= 0.6 is 0 Å². The molecule has 0 N–H and O–H groups in total. The van der Waals surface area contributed by atoms with E-state index in [4.69, 9.17) is 14.2 Å². The van der Waals surface area contributed by atoms with E-state index in [1.54, 1.807) is 24.3 Å². The summed E-state index contributed by atoms with van der Waals surface area (Å²) in [6, 6.07) is 14.6. The molecule has 0 radical (unpaired) electrons. The van der Waals surface area contributed by atoms with Crippen LogP contribution in [0.5, 0.6) is 17.2 Å². The fourth-order valence-corrected chi connectivity index (χ4v) is 2.07. The van der Waals surface area contributed by atoms with Crippen LogP contribution in [0.25, 0.3) is 0 Å². The molecule has 0 saturated heterocycles. The van der Waals surface area contributed by atoms with Gasteiger partial charge in [0.1, 0.15) is 5.75 Å². The Bertz CT molecular complexity index is 664. The SMILES string of the molecule is C=CCc1ccccc1OCC(=O)Oc1ccccc1OCC. The number of esters is 1. The van der Waals surface area contributed by atoms with Crippen molar-refractivity contribution < 1.29 is 19.0 Å². The van der Waals surface area contributed by atoms with Crippen LogP contribution in [0.15, 0.2) is 61.2 Å². The number of carbonyl (C=O) groups is 1. The molecule has 0 aromatic heterocycles. The second kappa shape index (κ2) is 8.63. The molecule has 0 fully saturated rings. The Balaban J connectivity index is 1.97. The van der Waals surface area contributed by atoms with Gasteiger partial charge in [-0.05, 0) is 37.1 Å². The summed E-state index contributed by atoms with van der Waals surface area (Å²) in [5.74, 6) is 1.10. The second-order valence-electron chi connectivity index (χ2n) is 4.74. The molecule has 120 valence electrons. The van der Waals surface area contributed by atoms with Gasteiger partial charge < -0.3 is 14.2 Å². The van der Waals surface area contributed by atoms with Crippen molar-refractivity contribution in [3.63, 3.8) is 0 Å². The van der Waals surface area contributed by atoms with Crippen molar-refractivity contribution in [3.05, 3.63) is 66.7 Å². The molecule has 0 aliphatic rings. The lowest BCUT2D eigenvalue weighted by Gasteiger charge is -2.12. The zero-order valence-corrected chi connectivity index (χ0v) is 13.2. The number of benzene rings is 2. The molecule has 2 aromatic rings. The Morgan fingerprint density at radius 2 is 1.65 bits per heavy atom. The van der Waals surface area contributed by atoms with E-state index in [0.29, 0.717) is 30.3 Å². The van der Waals surface area contributed by atoms with Crippen LogP contribution in [0, 0.1) is 0 Å². The summed E-state index contributed by atoms with van der Waals surface area (Å²) >= 11 is 0. The molecule has 0 bridgehead atoms. The highest BCUT2D eigenvalue weighted by atomic mass is 16.6. The summed E-state index contributed by atoms with van der Waals surface area (Å²) < 4.78 is 16.3. The quantitative estimate of drug-likeness (QED) is 0.422. The number of hydrogen-bond donors (Lipinski definition) is 0. The van der Waals surface area contributed by atoms with Crippen molar-refractivity contribution in [2.24, 2.45) is 0 Å². The second-order valence-corrected chi connectivity index (χ2v) is 4.74. The zero-order chi connectivity index (χ0) is 16.5. The van der Waals surface area contributed by atoms with Gasteiger partial charge in [-0.3, -0.25) is 0 Å². The summed E-state index contributed by atoms with van der Waals surface area (Å²) in [4.78, 5) is 12.0. The first kappa shape index (κ1) is 16.6. The first-order valence-corrected chi connectivity index (χ1v) is 7.48.